The molecule has 0 spiro atoms. The number of amides is 1. The predicted octanol–water partition coefficient (Wildman–Crippen LogP) is 3.05. The number of carbonyl (C=O) groups excluding carboxylic acids is 1. The van der Waals surface area contributed by atoms with E-state index in [0.717, 1.165) is 38.4 Å². The average Bonchev–Trinajstić information content (AvgIpc) is 2.44. The van der Waals surface area contributed by atoms with Gasteiger partial charge in [0.1, 0.15) is 0 Å². The van der Waals surface area contributed by atoms with E-state index < -0.39 is 0 Å². The fourth-order valence-electron chi connectivity index (χ4n) is 3.03. The summed E-state index contributed by atoms with van der Waals surface area (Å²) in [6.45, 7) is 11.5. The van der Waals surface area contributed by atoms with Crippen molar-refractivity contribution in [2.45, 2.75) is 65.8 Å². The summed E-state index contributed by atoms with van der Waals surface area (Å²) < 4.78 is 0. The Labute approximate surface area is 119 Å². The highest BCUT2D eigenvalue weighted by Gasteiger charge is 2.33. The average molecular weight is 268 g/mol. The molecule has 0 bridgehead atoms. The molecule has 2 rings (SSSR count). The smallest absolute Gasteiger partial charge is 0.225 e. The van der Waals surface area contributed by atoms with Crippen LogP contribution in [0.15, 0.2) is 0 Å². The maximum absolute atomic E-state index is 12.2. The van der Waals surface area contributed by atoms with E-state index in [1.165, 1.54) is 19.3 Å². The molecule has 0 unspecified atom stereocenters. The lowest BCUT2D eigenvalue weighted by Gasteiger charge is -2.40. The topological polar surface area (TPSA) is 32.3 Å². The van der Waals surface area contributed by atoms with Gasteiger partial charge in [-0.2, -0.15) is 0 Å². The molecule has 0 aromatic heterocycles. The minimum absolute atomic E-state index is 0.321. The first-order valence-corrected chi connectivity index (χ1v) is 8.23. The molecule has 0 aromatic rings. The summed E-state index contributed by atoms with van der Waals surface area (Å²) in [6.07, 6.45) is 5.74. The standard InChI is InChI=1S/C14H26N2O.C2H6/c1-3-8-15-13-6-4-12(5-7-13)14(17)16-9-11(2)10-16;1-2/h11-13,15H,3-10H2,1-2H3;1-2H3. The van der Waals surface area contributed by atoms with E-state index in [4.69, 9.17) is 0 Å². The molecule has 1 aliphatic heterocycles. The Morgan fingerprint density at radius 2 is 1.74 bits per heavy atom. The van der Waals surface area contributed by atoms with Gasteiger partial charge in [0.25, 0.3) is 0 Å². The number of likely N-dealkylation sites (tertiary alicyclic amines) is 1. The van der Waals surface area contributed by atoms with E-state index in [1.54, 1.807) is 0 Å². The van der Waals surface area contributed by atoms with Crippen LogP contribution in [-0.4, -0.2) is 36.5 Å². The van der Waals surface area contributed by atoms with Crippen LogP contribution in [0, 0.1) is 11.8 Å². The Bertz CT molecular complexity index is 253. The lowest BCUT2D eigenvalue weighted by Crippen LogP contribution is -2.51. The van der Waals surface area contributed by atoms with Gasteiger partial charge in [-0.25, -0.2) is 0 Å². The third kappa shape index (κ3) is 4.79. The van der Waals surface area contributed by atoms with Gasteiger partial charge in [-0.05, 0) is 44.6 Å². The van der Waals surface area contributed by atoms with E-state index >= 15 is 0 Å². The van der Waals surface area contributed by atoms with Crippen molar-refractivity contribution >= 4 is 5.91 Å². The van der Waals surface area contributed by atoms with Crippen molar-refractivity contribution < 1.29 is 4.79 Å². The molecule has 19 heavy (non-hydrogen) atoms. The van der Waals surface area contributed by atoms with Crippen LogP contribution >= 0.6 is 0 Å². The van der Waals surface area contributed by atoms with Crippen molar-refractivity contribution in [3.63, 3.8) is 0 Å². The van der Waals surface area contributed by atoms with Crippen LogP contribution in [0.1, 0.15) is 59.8 Å². The van der Waals surface area contributed by atoms with Gasteiger partial charge in [-0.1, -0.05) is 27.7 Å². The summed E-state index contributed by atoms with van der Waals surface area (Å²) in [5.74, 6) is 1.47. The summed E-state index contributed by atoms with van der Waals surface area (Å²) in [4.78, 5) is 14.2. The van der Waals surface area contributed by atoms with E-state index in [2.05, 4.69) is 24.1 Å². The first kappa shape index (κ1) is 16.5. The summed E-state index contributed by atoms with van der Waals surface area (Å²) in [5, 5.41) is 3.57. The number of carbonyl (C=O) groups is 1. The van der Waals surface area contributed by atoms with Crippen LogP contribution in [0.2, 0.25) is 0 Å². The number of hydrogen-bond donors (Lipinski definition) is 1. The normalized spacial score (nSPS) is 27.3. The number of nitrogens with one attached hydrogen (secondary N) is 1. The zero-order chi connectivity index (χ0) is 14.3. The first-order valence-electron chi connectivity index (χ1n) is 8.23. The fraction of sp³-hybridized carbons (Fsp3) is 0.938. The molecule has 1 heterocycles. The van der Waals surface area contributed by atoms with Crippen molar-refractivity contribution in [1.29, 1.82) is 0 Å². The van der Waals surface area contributed by atoms with E-state index in [1.807, 2.05) is 13.8 Å². The maximum atomic E-state index is 12.2. The van der Waals surface area contributed by atoms with Crippen molar-refractivity contribution in [2.75, 3.05) is 19.6 Å². The predicted molar refractivity (Wildman–Crippen MR) is 81.1 cm³/mol. The molecule has 2 fully saturated rings. The van der Waals surface area contributed by atoms with E-state index in [0.29, 0.717) is 17.9 Å². The summed E-state index contributed by atoms with van der Waals surface area (Å²) in [7, 11) is 0. The second kappa shape index (κ2) is 8.57. The van der Waals surface area contributed by atoms with Crippen molar-refractivity contribution in [3.05, 3.63) is 0 Å². The highest BCUT2D eigenvalue weighted by Crippen LogP contribution is 2.28. The van der Waals surface area contributed by atoms with Crippen LogP contribution in [0.4, 0.5) is 0 Å². The van der Waals surface area contributed by atoms with Crippen LogP contribution in [0.3, 0.4) is 0 Å². The Morgan fingerprint density at radius 3 is 2.21 bits per heavy atom. The molecule has 3 nitrogen and oxygen atoms in total. The van der Waals surface area contributed by atoms with Crippen LogP contribution in [0.25, 0.3) is 0 Å². The zero-order valence-corrected chi connectivity index (χ0v) is 13.2. The monoisotopic (exact) mass is 268 g/mol. The number of hydrogen-bond acceptors (Lipinski definition) is 2. The van der Waals surface area contributed by atoms with Gasteiger partial charge in [-0.3, -0.25) is 4.79 Å². The van der Waals surface area contributed by atoms with Crippen molar-refractivity contribution in [2.24, 2.45) is 11.8 Å². The SMILES string of the molecule is CC.CCCNC1CCC(C(=O)N2CC(C)C2)CC1. The molecule has 112 valence electrons. The molecule has 0 aromatic carbocycles. The fourth-order valence-corrected chi connectivity index (χ4v) is 3.03. The molecule has 1 aliphatic carbocycles. The molecule has 1 saturated heterocycles. The summed E-state index contributed by atoms with van der Waals surface area (Å²) in [5.41, 5.74) is 0. The third-order valence-corrected chi connectivity index (χ3v) is 4.14. The largest absolute Gasteiger partial charge is 0.342 e. The molecule has 1 saturated carbocycles. The van der Waals surface area contributed by atoms with E-state index in [-0.39, 0.29) is 0 Å². The summed E-state index contributed by atoms with van der Waals surface area (Å²) >= 11 is 0. The molecule has 0 radical (unpaired) electrons. The molecule has 1 N–H and O–H groups in total. The lowest BCUT2D eigenvalue weighted by molar-refractivity contribution is -0.142. The Balaban J connectivity index is 0.000000861. The lowest BCUT2D eigenvalue weighted by atomic mass is 9.84. The number of rotatable bonds is 4. The third-order valence-electron chi connectivity index (χ3n) is 4.14. The highest BCUT2D eigenvalue weighted by molar-refractivity contribution is 5.79. The second-order valence-corrected chi connectivity index (χ2v) is 5.85. The Kier molecular flexibility index (Phi) is 7.44. The second-order valence-electron chi connectivity index (χ2n) is 5.85. The minimum Gasteiger partial charge on any atom is -0.342 e. The molecule has 2 aliphatic rings. The highest BCUT2D eigenvalue weighted by atomic mass is 16.2. The number of nitrogens with zero attached hydrogens (tertiary/aromatic N) is 1. The molecular weight excluding hydrogens is 236 g/mol. The van der Waals surface area contributed by atoms with Crippen molar-refractivity contribution in [1.82, 2.24) is 10.2 Å². The molecular formula is C16H32N2O. The van der Waals surface area contributed by atoms with Gasteiger partial charge in [0.05, 0.1) is 0 Å². The van der Waals surface area contributed by atoms with Gasteiger partial charge in [0.15, 0.2) is 0 Å². The molecule has 1 amide bonds. The minimum atomic E-state index is 0.321. The van der Waals surface area contributed by atoms with Gasteiger partial charge in [-0.15, -0.1) is 0 Å². The van der Waals surface area contributed by atoms with Crippen molar-refractivity contribution in [3.8, 4) is 0 Å². The van der Waals surface area contributed by atoms with Gasteiger partial charge < -0.3 is 10.2 Å². The van der Waals surface area contributed by atoms with Crippen LogP contribution in [0.5, 0.6) is 0 Å². The van der Waals surface area contributed by atoms with Gasteiger partial charge >= 0.3 is 0 Å². The quantitative estimate of drug-likeness (QED) is 0.850. The van der Waals surface area contributed by atoms with E-state index in [9.17, 15) is 4.79 Å². The maximum Gasteiger partial charge on any atom is 0.225 e. The van der Waals surface area contributed by atoms with Gasteiger partial charge in [0.2, 0.25) is 5.91 Å². The zero-order valence-electron chi connectivity index (χ0n) is 13.2. The van der Waals surface area contributed by atoms with Gasteiger partial charge in [0, 0.05) is 25.0 Å². The molecule has 0 atom stereocenters. The Morgan fingerprint density at radius 1 is 1.16 bits per heavy atom. The Hall–Kier alpha value is -0.570. The molecule has 3 heteroatoms. The van der Waals surface area contributed by atoms with Crippen LogP contribution < -0.4 is 5.32 Å². The van der Waals surface area contributed by atoms with Crippen LogP contribution in [-0.2, 0) is 4.79 Å². The summed E-state index contributed by atoms with van der Waals surface area (Å²) in [6, 6.07) is 0.661. The first-order chi connectivity index (χ1) is 9.20.